The van der Waals surface area contributed by atoms with Gasteiger partial charge in [0, 0.05) is 43.0 Å². The van der Waals surface area contributed by atoms with Gasteiger partial charge in [-0.3, -0.25) is 9.59 Å². The quantitative estimate of drug-likeness (QED) is 0.664. The molecule has 1 aliphatic rings. The zero-order valence-corrected chi connectivity index (χ0v) is 17.1. The summed E-state index contributed by atoms with van der Waals surface area (Å²) in [4.78, 5) is 35.5. The Morgan fingerprint density at radius 2 is 1.74 bits per heavy atom. The number of amides is 2. The predicted octanol–water partition coefficient (Wildman–Crippen LogP) is 3.55. The predicted molar refractivity (Wildman–Crippen MR) is 117 cm³/mol. The lowest BCUT2D eigenvalue weighted by Gasteiger charge is -2.31. The lowest BCUT2D eigenvalue weighted by Crippen LogP contribution is -2.41. The van der Waals surface area contributed by atoms with Gasteiger partial charge in [0.2, 0.25) is 11.8 Å². The van der Waals surface area contributed by atoms with E-state index in [1.165, 1.54) is 0 Å². The second-order valence-electron chi connectivity index (χ2n) is 7.43. The molecule has 3 heterocycles. The summed E-state index contributed by atoms with van der Waals surface area (Å²) in [6.45, 7) is 1.45. The Balaban J connectivity index is 1.30. The van der Waals surface area contributed by atoms with Crippen molar-refractivity contribution in [3.63, 3.8) is 0 Å². The van der Waals surface area contributed by atoms with Crippen molar-refractivity contribution < 1.29 is 14.3 Å². The van der Waals surface area contributed by atoms with Crippen molar-refractivity contribution in [2.24, 2.45) is 5.92 Å². The van der Waals surface area contributed by atoms with Crippen molar-refractivity contribution in [2.75, 3.05) is 18.4 Å². The Morgan fingerprint density at radius 1 is 0.968 bits per heavy atom. The van der Waals surface area contributed by atoms with Gasteiger partial charge in [-0.25, -0.2) is 9.97 Å². The molecule has 1 fully saturated rings. The molecule has 1 aromatic carbocycles. The fourth-order valence-electron chi connectivity index (χ4n) is 3.55. The van der Waals surface area contributed by atoms with Gasteiger partial charge in [-0.05, 0) is 36.6 Å². The normalized spacial score (nSPS) is 14.1. The Labute approximate surface area is 181 Å². The van der Waals surface area contributed by atoms with Gasteiger partial charge < -0.3 is 15.0 Å². The van der Waals surface area contributed by atoms with Gasteiger partial charge in [-0.1, -0.05) is 36.4 Å². The molecule has 2 aromatic heterocycles. The molecule has 1 N–H and O–H groups in total. The SMILES string of the molecule is O=C(Nc1ccccn1)C1CCN(C(=O)c2ccnc(OCc3ccccc3)c2)CC1. The first-order valence-electron chi connectivity index (χ1n) is 10.3. The van der Waals surface area contributed by atoms with E-state index in [0.29, 0.717) is 49.8 Å². The monoisotopic (exact) mass is 416 g/mol. The summed E-state index contributed by atoms with van der Waals surface area (Å²) in [5, 5.41) is 2.84. The average Bonchev–Trinajstić information content (AvgIpc) is 2.84. The molecule has 4 rings (SSSR count). The van der Waals surface area contributed by atoms with Crippen molar-refractivity contribution in [1.29, 1.82) is 0 Å². The lowest BCUT2D eigenvalue weighted by molar-refractivity contribution is -0.121. The summed E-state index contributed by atoms with van der Waals surface area (Å²) in [6, 6.07) is 18.6. The largest absolute Gasteiger partial charge is 0.473 e. The Morgan fingerprint density at radius 3 is 2.48 bits per heavy atom. The van der Waals surface area contributed by atoms with Crippen molar-refractivity contribution in [2.45, 2.75) is 19.4 Å². The number of ether oxygens (including phenoxy) is 1. The molecular formula is C24H24N4O3. The average molecular weight is 416 g/mol. The zero-order chi connectivity index (χ0) is 21.5. The standard InChI is InChI=1S/C24H24N4O3/c29-23(27-21-8-4-5-12-25-21)19-10-14-28(15-11-19)24(30)20-9-13-26-22(16-20)31-17-18-6-2-1-3-7-18/h1-9,12-13,16,19H,10-11,14-15,17H2,(H,25,27,29). The number of benzene rings is 1. The summed E-state index contributed by atoms with van der Waals surface area (Å²) in [6.07, 6.45) is 4.46. The molecule has 7 nitrogen and oxygen atoms in total. The maximum atomic E-state index is 12.9. The maximum Gasteiger partial charge on any atom is 0.254 e. The summed E-state index contributed by atoms with van der Waals surface area (Å²) >= 11 is 0. The molecule has 0 saturated carbocycles. The minimum Gasteiger partial charge on any atom is -0.473 e. The summed E-state index contributed by atoms with van der Waals surface area (Å²) < 4.78 is 5.73. The van der Waals surface area contributed by atoms with E-state index in [2.05, 4.69) is 15.3 Å². The highest BCUT2D eigenvalue weighted by Crippen LogP contribution is 2.21. The summed E-state index contributed by atoms with van der Waals surface area (Å²) in [5.41, 5.74) is 1.57. The number of hydrogen-bond acceptors (Lipinski definition) is 5. The highest BCUT2D eigenvalue weighted by Gasteiger charge is 2.28. The third-order valence-electron chi connectivity index (χ3n) is 5.28. The first-order valence-corrected chi connectivity index (χ1v) is 10.3. The number of carbonyl (C=O) groups is 2. The van der Waals surface area contributed by atoms with Crippen LogP contribution >= 0.6 is 0 Å². The van der Waals surface area contributed by atoms with Crippen LogP contribution in [0.5, 0.6) is 5.88 Å². The summed E-state index contributed by atoms with van der Waals surface area (Å²) in [7, 11) is 0. The molecule has 1 saturated heterocycles. The van der Waals surface area contributed by atoms with Gasteiger partial charge in [-0.2, -0.15) is 0 Å². The Kier molecular flexibility index (Phi) is 6.52. The highest BCUT2D eigenvalue weighted by molar-refractivity contribution is 5.95. The number of pyridine rings is 2. The van der Waals surface area contributed by atoms with E-state index in [9.17, 15) is 9.59 Å². The molecule has 0 spiro atoms. The number of nitrogens with zero attached hydrogens (tertiary/aromatic N) is 3. The van der Waals surface area contributed by atoms with Crippen molar-refractivity contribution in [1.82, 2.24) is 14.9 Å². The topological polar surface area (TPSA) is 84.4 Å². The number of anilines is 1. The molecule has 1 aliphatic heterocycles. The van der Waals surface area contributed by atoms with E-state index in [1.54, 1.807) is 41.6 Å². The number of piperidine rings is 1. The van der Waals surface area contributed by atoms with E-state index in [4.69, 9.17) is 4.74 Å². The molecule has 3 aromatic rings. The number of rotatable bonds is 6. The number of likely N-dealkylation sites (tertiary alicyclic amines) is 1. The van der Waals surface area contributed by atoms with Crippen LogP contribution in [0.2, 0.25) is 0 Å². The van der Waals surface area contributed by atoms with E-state index in [-0.39, 0.29) is 17.7 Å². The van der Waals surface area contributed by atoms with Crippen molar-refractivity contribution in [3.8, 4) is 5.88 Å². The molecule has 0 atom stereocenters. The van der Waals surface area contributed by atoms with Gasteiger partial charge in [0.15, 0.2) is 0 Å². The van der Waals surface area contributed by atoms with Crippen LogP contribution in [-0.4, -0.2) is 39.8 Å². The minimum absolute atomic E-state index is 0.0497. The molecule has 31 heavy (non-hydrogen) atoms. The fraction of sp³-hybridized carbons (Fsp3) is 0.250. The van der Waals surface area contributed by atoms with Crippen LogP contribution in [-0.2, 0) is 11.4 Å². The number of aromatic nitrogens is 2. The second kappa shape index (κ2) is 9.84. The molecule has 0 aliphatic carbocycles. The van der Waals surface area contributed by atoms with E-state index >= 15 is 0 Å². The van der Waals surface area contributed by atoms with E-state index in [1.807, 2.05) is 36.4 Å². The Bertz CT molecular complexity index is 1020. The minimum atomic E-state index is -0.131. The van der Waals surface area contributed by atoms with Crippen LogP contribution in [0.4, 0.5) is 5.82 Å². The van der Waals surface area contributed by atoms with Crippen LogP contribution in [0.1, 0.15) is 28.8 Å². The van der Waals surface area contributed by atoms with Crippen molar-refractivity contribution in [3.05, 3.63) is 84.2 Å². The first kappa shape index (κ1) is 20.5. The smallest absolute Gasteiger partial charge is 0.254 e. The van der Waals surface area contributed by atoms with Gasteiger partial charge in [0.25, 0.3) is 5.91 Å². The highest BCUT2D eigenvalue weighted by atomic mass is 16.5. The molecule has 0 bridgehead atoms. The fourth-order valence-corrected chi connectivity index (χ4v) is 3.55. The zero-order valence-electron chi connectivity index (χ0n) is 17.1. The molecule has 2 amide bonds. The van der Waals surface area contributed by atoms with Crippen LogP contribution < -0.4 is 10.1 Å². The number of hydrogen-bond donors (Lipinski definition) is 1. The Hall–Kier alpha value is -3.74. The molecule has 0 radical (unpaired) electrons. The number of carbonyl (C=O) groups excluding carboxylic acids is 2. The summed E-state index contributed by atoms with van der Waals surface area (Å²) in [5.74, 6) is 0.709. The van der Waals surface area contributed by atoms with Gasteiger partial charge in [-0.15, -0.1) is 0 Å². The van der Waals surface area contributed by atoms with Crippen LogP contribution in [0.15, 0.2) is 73.1 Å². The van der Waals surface area contributed by atoms with Crippen LogP contribution in [0, 0.1) is 5.92 Å². The third kappa shape index (κ3) is 5.45. The van der Waals surface area contributed by atoms with Gasteiger partial charge in [0.1, 0.15) is 12.4 Å². The lowest BCUT2D eigenvalue weighted by atomic mass is 9.95. The molecular weight excluding hydrogens is 392 g/mol. The number of nitrogens with one attached hydrogen (secondary N) is 1. The van der Waals surface area contributed by atoms with Crippen molar-refractivity contribution >= 4 is 17.6 Å². The van der Waals surface area contributed by atoms with Crippen LogP contribution in [0.3, 0.4) is 0 Å². The molecule has 7 heteroatoms. The molecule has 0 unspecified atom stereocenters. The van der Waals surface area contributed by atoms with E-state index in [0.717, 1.165) is 5.56 Å². The van der Waals surface area contributed by atoms with Crippen LogP contribution in [0.25, 0.3) is 0 Å². The maximum absolute atomic E-state index is 12.9. The second-order valence-corrected chi connectivity index (χ2v) is 7.43. The first-order chi connectivity index (χ1) is 15.2. The molecule has 158 valence electrons. The van der Waals surface area contributed by atoms with Gasteiger partial charge in [0.05, 0.1) is 0 Å². The third-order valence-corrected chi connectivity index (χ3v) is 5.28. The van der Waals surface area contributed by atoms with Gasteiger partial charge >= 0.3 is 0 Å². The van der Waals surface area contributed by atoms with E-state index < -0.39 is 0 Å².